The van der Waals surface area contributed by atoms with Gasteiger partial charge in [-0.3, -0.25) is 9.59 Å². The van der Waals surface area contributed by atoms with E-state index < -0.39 is 0 Å². The molecule has 0 aliphatic carbocycles. The fraction of sp³-hybridized carbons (Fsp3) is 0.875. The van der Waals surface area contributed by atoms with Crippen LogP contribution >= 0.6 is 45.2 Å². The maximum absolute atomic E-state index is 11.7. The number of rotatable bonds is 12. The zero-order valence-corrected chi connectivity index (χ0v) is 18.5. The lowest BCUT2D eigenvalue weighted by Crippen LogP contribution is -2.36. The molecular formula is C16H29I2NO3. The molecule has 0 aromatic heterocycles. The normalized spacial score (nSPS) is 16.6. The summed E-state index contributed by atoms with van der Waals surface area (Å²) < 4.78 is 7.09. The summed E-state index contributed by atoms with van der Waals surface area (Å²) in [6.45, 7) is 9.42. The SMILES string of the molecule is CCC(C)(CCNC(=O)CCI)OCCC(C)(CC)C(=O)I. The van der Waals surface area contributed by atoms with Crippen molar-refractivity contribution in [3.05, 3.63) is 0 Å². The Hall–Kier alpha value is 0.560. The Morgan fingerprint density at radius 2 is 1.77 bits per heavy atom. The molecule has 0 radical (unpaired) electrons. The van der Waals surface area contributed by atoms with Crippen LogP contribution < -0.4 is 5.32 Å². The third kappa shape index (κ3) is 8.42. The molecule has 22 heavy (non-hydrogen) atoms. The van der Waals surface area contributed by atoms with Crippen molar-refractivity contribution in [1.29, 1.82) is 0 Å². The lowest BCUT2D eigenvalue weighted by molar-refractivity contribution is -0.122. The molecule has 4 nitrogen and oxygen atoms in total. The molecule has 130 valence electrons. The maximum Gasteiger partial charge on any atom is 0.220 e. The van der Waals surface area contributed by atoms with Crippen molar-refractivity contribution in [2.45, 2.75) is 65.4 Å². The van der Waals surface area contributed by atoms with Crippen molar-refractivity contribution in [2.75, 3.05) is 17.6 Å². The summed E-state index contributed by atoms with van der Waals surface area (Å²) in [7, 11) is 0. The number of alkyl halides is 1. The Labute approximate surface area is 162 Å². The first-order valence-corrected chi connectivity index (χ1v) is 10.5. The number of hydrogen-bond donors (Lipinski definition) is 1. The van der Waals surface area contributed by atoms with Crippen LogP contribution in [0.2, 0.25) is 0 Å². The first kappa shape index (κ1) is 22.6. The smallest absolute Gasteiger partial charge is 0.220 e. The second-order valence-electron chi connectivity index (χ2n) is 6.13. The molecule has 0 aromatic rings. The third-order valence-electron chi connectivity index (χ3n) is 4.40. The highest BCUT2D eigenvalue weighted by Crippen LogP contribution is 2.31. The van der Waals surface area contributed by atoms with Gasteiger partial charge in [-0.1, -0.05) is 43.4 Å². The number of carbonyl (C=O) groups is 2. The van der Waals surface area contributed by atoms with Crippen molar-refractivity contribution in [1.82, 2.24) is 5.32 Å². The quantitative estimate of drug-likeness (QED) is 0.230. The molecular weight excluding hydrogens is 508 g/mol. The highest BCUT2D eigenvalue weighted by Gasteiger charge is 2.30. The lowest BCUT2D eigenvalue weighted by atomic mass is 9.86. The van der Waals surface area contributed by atoms with E-state index in [0.717, 1.165) is 30.1 Å². The molecule has 1 amide bonds. The predicted molar refractivity (Wildman–Crippen MR) is 108 cm³/mol. The van der Waals surface area contributed by atoms with Gasteiger partial charge in [-0.2, -0.15) is 0 Å². The first-order valence-electron chi connectivity index (χ1n) is 7.89. The number of carbonyl (C=O) groups excluding carboxylic acids is 2. The number of hydrogen-bond acceptors (Lipinski definition) is 3. The van der Waals surface area contributed by atoms with E-state index in [1.54, 1.807) is 0 Å². The molecule has 0 aliphatic rings. The number of ether oxygens (including phenoxy) is 1. The summed E-state index contributed by atoms with van der Waals surface area (Å²) in [5.74, 6) is 0.0990. The van der Waals surface area contributed by atoms with Gasteiger partial charge in [0.05, 0.1) is 5.60 Å². The van der Waals surface area contributed by atoms with Crippen molar-refractivity contribution in [3.63, 3.8) is 0 Å². The summed E-state index contributed by atoms with van der Waals surface area (Å²) in [6, 6.07) is 0. The largest absolute Gasteiger partial charge is 0.375 e. The Morgan fingerprint density at radius 3 is 2.23 bits per heavy atom. The van der Waals surface area contributed by atoms with E-state index in [4.69, 9.17) is 4.74 Å². The van der Waals surface area contributed by atoms with Crippen LogP contribution in [0.5, 0.6) is 0 Å². The van der Waals surface area contributed by atoms with Crippen LogP contribution in [0.25, 0.3) is 0 Å². The van der Waals surface area contributed by atoms with E-state index in [2.05, 4.69) is 41.8 Å². The van der Waals surface area contributed by atoms with Gasteiger partial charge >= 0.3 is 0 Å². The molecule has 1 N–H and O–H groups in total. The van der Waals surface area contributed by atoms with E-state index in [1.165, 1.54) is 0 Å². The fourth-order valence-electron chi connectivity index (χ4n) is 1.93. The van der Waals surface area contributed by atoms with Crippen LogP contribution in [0.3, 0.4) is 0 Å². The topological polar surface area (TPSA) is 55.4 Å². The Kier molecular flexibility index (Phi) is 11.5. The molecule has 2 unspecified atom stereocenters. The van der Waals surface area contributed by atoms with Gasteiger partial charge in [-0.25, -0.2) is 0 Å². The minimum atomic E-state index is -0.302. The Bertz CT molecular complexity index is 365. The molecule has 0 aliphatic heterocycles. The molecule has 0 bridgehead atoms. The molecule has 6 heteroatoms. The number of halogens is 2. The molecule has 0 saturated carbocycles. The van der Waals surface area contributed by atoms with Gasteiger partial charge < -0.3 is 10.1 Å². The van der Waals surface area contributed by atoms with Gasteiger partial charge in [0.2, 0.25) is 5.91 Å². The van der Waals surface area contributed by atoms with Crippen molar-refractivity contribution in [3.8, 4) is 0 Å². The highest BCUT2D eigenvalue weighted by atomic mass is 127. The average molecular weight is 537 g/mol. The van der Waals surface area contributed by atoms with Crippen LogP contribution in [-0.2, 0) is 14.3 Å². The van der Waals surface area contributed by atoms with Gasteiger partial charge in [0.1, 0.15) is 0 Å². The fourth-order valence-corrected chi connectivity index (χ4v) is 3.07. The van der Waals surface area contributed by atoms with Crippen molar-refractivity contribution < 1.29 is 14.3 Å². The Balaban J connectivity index is 4.27. The second kappa shape index (κ2) is 11.2. The highest BCUT2D eigenvalue weighted by molar-refractivity contribution is 14.1. The van der Waals surface area contributed by atoms with Crippen LogP contribution in [-0.4, -0.2) is 32.9 Å². The van der Waals surface area contributed by atoms with E-state index in [9.17, 15) is 9.59 Å². The minimum absolute atomic E-state index is 0.0990. The second-order valence-corrected chi connectivity index (χ2v) is 8.19. The third-order valence-corrected chi connectivity index (χ3v) is 6.25. The first-order chi connectivity index (χ1) is 10.2. The predicted octanol–water partition coefficient (Wildman–Crippen LogP) is 4.27. The molecule has 0 heterocycles. The molecule has 0 saturated heterocycles. The number of amides is 1. The molecule has 0 rings (SSSR count). The molecule has 0 aromatic carbocycles. The van der Waals surface area contributed by atoms with Crippen molar-refractivity contribution in [2.24, 2.45) is 5.41 Å². The monoisotopic (exact) mass is 537 g/mol. The summed E-state index contributed by atoms with van der Waals surface area (Å²) in [5, 5.41) is 2.93. The summed E-state index contributed by atoms with van der Waals surface area (Å²) in [4.78, 5) is 23.2. The lowest BCUT2D eigenvalue weighted by Gasteiger charge is -2.31. The molecule has 0 fully saturated rings. The van der Waals surface area contributed by atoms with Gasteiger partial charge in [-0.15, -0.1) is 0 Å². The van der Waals surface area contributed by atoms with Crippen LogP contribution in [0.15, 0.2) is 0 Å². The van der Waals surface area contributed by atoms with Crippen LogP contribution in [0.1, 0.15) is 59.8 Å². The molecule has 0 spiro atoms. The Morgan fingerprint density at radius 1 is 1.14 bits per heavy atom. The van der Waals surface area contributed by atoms with Crippen LogP contribution in [0, 0.1) is 5.41 Å². The summed E-state index contributed by atoms with van der Waals surface area (Å²) in [5.41, 5.74) is -0.551. The van der Waals surface area contributed by atoms with Gasteiger partial charge in [0.15, 0.2) is 3.79 Å². The molecule has 2 atom stereocenters. The standard InChI is InChI=1S/C16H29I2NO3/c1-5-15(3,14(18)21)9-12-22-16(4,6-2)8-11-19-13(20)7-10-17/h5-12H2,1-4H3,(H,19,20). The summed E-state index contributed by atoms with van der Waals surface area (Å²) >= 11 is 4.08. The van der Waals surface area contributed by atoms with E-state index >= 15 is 0 Å². The maximum atomic E-state index is 11.7. The summed E-state index contributed by atoms with van der Waals surface area (Å²) in [6.07, 6.45) is 3.81. The zero-order valence-electron chi connectivity index (χ0n) is 14.1. The van der Waals surface area contributed by atoms with Crippen molar-refractivity contribution >= 4 is 54.9 Å². The zero-order chi connectivity index (χ0) is 17.2. The van der Waals surface area contributed by atoms with Gasteiger partial charge in [0.25, 0.3) is 0 Å². The minimum Gasteiger partial charge on any atom is -0.375 e. The number of nitrogens with one attached hydrogen (secondary N) is 1. The van der Waals surface area contributed by atoms with Crippen LogP contribution in [0.4, 0.5) is 0 Å². The van der Waals surface area contributed by atoms with E-state index in [1.807, 2.05) is 36.4 Å². The van der Waals surface area contributed by atoms with E-state index in [0.29, 0.717) is 19.6 Å². The van der Waals surface area contributed by atoms with Gasteiger partial charge in [0, 0.05) is 52.0 Å². The van der Waals surface area contributed by atoms with E-state index in [-0.39, 0.29) is 20.7 Å². The average Bonchev–Trinajstić information content (AvgIpc) is 2.47. The van der Waals surface area contributed by atoms with Gasteiger partial charge in [-0.05, 0) is 32.6 Å².